The summed E-state index contributed by atoms with van der Waals surface area (Å²) in [7, 11) is 1.45. The molecular formula is C13H11F4N3OS. The van der Waals surface area contributed by atoms with Gasteiger partial charge in [-0.25, -0.2) is 17.6 Å². The smallest absolute Gasteiger partial charge is 0.284 e. The number of rotatable bonds is 5. The number of benzene rings is 1. The number of anilines is 1. The molecule has 1 aromatic heterocycles. The maximum Gasteiger partial charge on any atom is 0.284 e. The van der Waals surface area contributed by atoms with Crippen LogP contribution in [-0.2, 0) is 11.8 Å². The molecule has 9 heteroatoms. The lowest BCUT2D eigenvalue weighted by atomic mass is 10.3. The van der Waals surface area contributed by atoms with E-state index in [1.165, 1.54) is 19.3 Å². The van der Waals surface area contributed by atoms with Crippen LogP contribution in [0, 0.1) is 11.6 Å². The molecule has 0 bridgehead atoms. The number of nitrogens with zero attached hydrogens (tertiary/aromatic N) is 2. The van der Waals surface area contributed by atoms with Crippen molar-refractivity contribution in [2.24, 2.45) is 7.05 Å². The summed E-state index contributed by atoms with van der Waals surface area (Å²) in [6.45, 7) is 0. The Balaban J connectivity index is 1.99. The number of carbonyl (C=O) groups is 1. The standard InChI is InChI=1S/C13H11F4N3OS/c1-20-5-9(12(19-20)13(16)17)18-11(21)6-22-10-3-2-7(14)4-8(10)15/h2-5,13H,6H2,1H3,(H,18,21). The number of thioether (sulfide) groups is 1. The average Bonchev–Trinajstić information content (AvgIpc) is 2.78. The van der Waals surface area contributed by atoms with Gasteiger partial charge in [-0.1, -0.05) is 0 Å². The quantitative estimate of drug-likeness (QED) is 0.674. The summed E-state index contributed by atoms with van der Waals surface area (Å²) < 4.78 is 52.7. The number of aromatic nitrogens is 2. The summed E-state index contributed by atoms with van der Waals surface area (Å²) in [5.41, 5.74) is -0.628. The topological polar surface area (TPSA) is 46.9 Å². The minimum Gasteiger partial charge on any atom is -0.322 e. The van der Waals surface area contributed by atoms with Crippen LogP contribution in [-0.4, -0.2) is 21.4 Å². The first-order chi connectivity index (χ1) is 10.4. The van der Waals surface area contributed by atoms with Crippen molar-refractivity contribution in [1.82, 2.24) is 9.78 Å². The molecule has 0 saturated carbocycles. The minimum atomic E-state index is -2.82. The van der Waals surface area contributed by atoms with Crippen LogP contribution in [0.3, 0.4) is 0 Å². The van der Waals surface area contributed by atoms with Crippen LogP contribution in [0.25, 0.3) is 0 Å². The Bertz CT molecular complexity index is 690. The zero-order chi connectivity index (χ0) is 16.3. The van der Waals surface area contributed by atoms with Crippen LogP contribution < -0.4 is 5.32 Å². The van der Waals surface area contributed by atoms with E-state index in [1.54, 1.807) is 0 Å². The summed E-state index contributed by atoms with van der Waals surface area (Å²) in [5.74, 6) is -2.31. The van der Waals surface area contributed by atoms with E-state index < -0.39 is 29.7 Å². The lowest BCUT2D eigenvalue weighted by molar-refractivity contribution is -0.113. The second-order valence-corrected chi connectivity index (χ2v) is 5.33. The highest BCUT2D eigenvalue weighted by atomic mass is 32.2. The number of hydrogen-bond donors (Lipinski definition) is 1. The lowest BCUT2D eigenvalue weighted by Gasteiger charge is -2.05. The van der Waals surface area contributed by atoms with E-state index in [0.717, 1.165) is 22.5 Å². The Labute approximate surface area is 127 Å². The molecular weight excluding hydrogens is 322 g/mol. The van der Waals surface area contributed by atoms with Gasteiger partial charge in [-0.15, -0.1) is 11.8 Å². The van der Waals surface area contributed by atoms with Gasteiger partial charge in [-0.2, -0.15) is 5.10 Å². The van der Waals surface area contributed by atoms with Gasteiger partial charge in [0.05, 0.1) is 11.4 Å². The summed E-state index contributed by atoms with van der Waals surface area (Å²) >= 11 is 0.836. The van der Waals surface area contributed by atoms with E-state index in [-0.39, 0.29) is 16.3 Å². The zero-order valence-corrected chi connectivity index (χ0v) is 12.1. The predicted octanol–water partition coefficient (Wildman–Crippen LogP) is 3.37. The van der Waals surface area contributed by atoms with Crippen LogP contribution in [0.4, 0.5) is 23.2 Å². The molecule has 0 aliphatic carbocycles. The van der Waals surface area contributed by atoms with E-state index >= 15 is 0 Å². The Morgan fingerprint density at radius 1 is 1.41 bits per heavy atom. The van der Waals surface area contributed by atoms with E-state index in [2.05, 4.69) is 10.4 Å². The monoisotopic (exact) mass is 333 g/mol. The van der Waals surface area contributed by atoms with Crippen molar-refractivity contribution in [3.05, 3.63) is 41.7 Å². The van der Waals surface area contributed by atoms with Gasteiger partial charge in [0.2, 0.25) is 5.91 Å². The van der Waals surface area contributed by atoms with Gasteiger partial charge >= 0.3 is 0 Å². The van der Waals surface area contributed by atoms with Crippen molar-refractivity contribution in [3.63, 3.8) is 0 Å². The number of alkyl halides is 2. The van der Waals surface area contributed by atoms with Crippen LogP contribution >= 0.6 is 11.8 Å². The van der Waals surface area contributed by atoms with Crippen LogP contribution in [0.5, 0.6) is 0 Å². The second kappa shape index (κ2) is 6.82. The third-order valence-electron chi connectivity index (χ3n) is 2.59. The Morgan fingerprint density at radius 2 is 2.14 bits per heavy atom. The number of carbonyl (C=O) groups excluding carboxylic acids is 1. The molecule has 0 aliphatic rings. The first kappa shape index (κ1) is 16.3. The number of aryl methyl sites for hydroxylation is 1. The normalized spacial score (nSPS) is 11.0. The van der Waals surface area contributed by atoms with E-state index in [1.807, 2.05) is 0 Å². The highest BCUT2D eigenvalue weighted by molar-refractivity contribution is 8.00. The molecule has 1 heterocycles. The van der Waals surface area contributed by atoms with E-state index in [4.69, 9.17) is 0 Å². The average molecular weight is 333 g/mol. The maximum atomic E-state index is 13.4. The largest absolute Gasteiger partial charge is 0.322 e. The molecule has 2 rings (SSSR count). The Hall–Kier alpha value is -2.03. The maximum absolute atomic E-state index is 13.4. The van der Waals surface area contributed by atoms with Crippen LogP contribution in [0.1, 0.15) is 12.1 Å². The van der Waals surface area contributed by atoms with E-state index in [0.29, 0.717) is 6.07 Å². The van der Waals surface area contributed by atoms with Gasteiger partial charge in [0, 0.05) is 24.2 Å². The molecule has 0 atom stereocenters. The van der Waals surface area contributed by atoms with Crippen LogP contribution in [0.2, 0.25) is 0 Å². The zero-order valence-electron chi connectivity index (χ0n) is 11.3. The van der Waals surface area contributed by atoms with Crippen LogP contribution in [0.15, 0.2) is 29.3 Å². The lowest BCUT2D eigenvalue weighted by Crippen LogP contribution is -2.15. The van der Waals surface area contributed by atoms with Gasteiger partial charge in [-0.3, -0.25) is 9.48 Å². The highest BCUT2D eigenvalue weighted by Crippen LogP contribution is 2.26. The molecule has 118 valence electrons. The van der Waals surface area contributed by atoms with Crippen molar-refractivity contribution in [3.8, 4) is 0 Å². The van der Waals surface area contributed by atoms with Gasteiger partial charge < -0.3 is 5.32 Å². The number of amides is 1. The molecule has 2 aromatic rings. The Kier molecular flexibility index (Phi) is 5.07. The molecule has 0 radical (unpaired) electrons. The predicted molar refractivity (Wildman–Crippen MR) is 73.9 cm³/mol. The summed E-state index contributed by atoms with van der Waals surface area (Å²) in [6, 6.07) is 2.98. The van der Waals surface area contributed by atoms with E-state index in [9.17, 15) is 22.4 Å². The fourth-order valence-corrected chi connectivity index (χ4v) is 2.40. The third kappa shape index (κ3) is 4.00. The third-order valence-corrected chi connectivity index (χ3v) is 3.64. The number of hydrogen-bond acceptors (Lipinski definition) is 3. The van der Waals surface area contributed by atoms with Crippen molar-refractivity contribution in [1.29, 1.82) is 0 Å². The molecule has 0 unspecified atom stereocenters. The van der Waals surface area contributed by atoms with Crippen molar-refractivity contribution >= 4 is 23.4 Å². The summed E-state index contributed by atoms with van der Waals surface area (Å²) in [5, 5.41) is 5.84. The Morgan fingerprint density at radius 3 is 2.77 bits per heavy atom. The van der Waals surface area contributed by atoms with Crippen molar-refractivity contribution in [2.75, 3.05) is 11.1 Å². The van der Waals surface area contributed by atoms with Crippen molar-refractivity contribution < 1.29 is 22.4 Å². The number of nitrogens with one attached hydrogen (secondary N) is 1. The minimum absolute atomic E-state index is 0.0943. The molecule has 0 fully saturated rings. The second-order valence-electron chi connectivity index (χ2n) is 4.31. The fourth-order valence-electron chi connectivity index (χ4n) is 1.68. The fraction of sp³-hybridized carbons (Fsp3) is 0.231. The molecule has 0 saturated heterocycles. The highest BCUT2D eigenvalue weighted by Gasteiger charge is 2.19. The summed E-state index contributed by atoms with van der Waals surface area (Å²) in [6.07, 6.45) is -1.57. The van der Waals surface area contributed by atoms with Crippen molar-refractivity contribution in [2.45, 2.75) is 11.3 Å². The van der Waals surface area contributed by atoms with Gasteiger partial charge in [0.25, 0.3) is 6.43 Å². The summed E-state index contributed by atoms with van der Waals surface area (Å²) in [4.78, 5) is 11.8. The van der Waals surface area contributed by atoms with Gasteiger partial charge in [0.1, 0.15) is 11.6 Å². The molecule has 0 spiro atoms. The first-order valence-electron chi connectivity index (χ1n) is 6.06. The molecule has 0 aliphatic heterocycles. The van der Waals surface area contributed by atoms with Gasteiger partial charge in [0.15, 0.2) is 5.69 Å². The molecule has 1 aromatic carbocycles. The van der Waals surface area contributed by atoms with Gasteiger partial charge in [-0.05, 0) is 12.1 Å². The molecule has 22 heavy (non-hydrogen) atoms. The molecule has 4 nitrogen and oxygen atoms in total. The molecule has 1 amide bonds. The SMILES string of the molecule is Cn1cc(NC(=O)CSc2ccc(F)cc2F)c(C(F)F)n1. The number of halogens is 4. The molecule has 1 N–H and O–H groups in total. The first-order valence-corrected chi connectivity index (χ1v) is 7.04.